The smallest absolute Gasteiger partial charge is 0.256 e. The monoisotopic (exact) mass is 345 g/mol. The van der Waals surface area contributed by atoms with Gasteiger partial charge in [-0.1, -0.05) is 11.6 Å². The first-order valence-corrected chi connectivity index (χ1v) is 9.24. The lowest BCUT2D eigenvalue weighted by Crippen LogP contribution is -2.10. The minimum atomic E-state index is -0.0954. The summed E-state index contributed by atoms with van der Waals surface area (Å²) in [4.78, 5) is 18.6. The Morgan fingerprint density at radius 1 is 1.43 bits per heavy atom. The zero-order chi connectivity index (χ0) is 15.8. The molecule has 1 fully saturated rings. The molecule has 0 aliphatic heterocycles. The van der Waals surface area contributed by atoms with Crippen LogP contribution in [-0.4, -0.2) is 16.0 Å². The van der Waals surface area contributed by atoms with Gasteiger partial charge in [0.1, 0.15) is 0 Å². The van der Waals surface area contributed by atoms with Gasteiger partial charge in [-0.25, -0.2) is 0 Å². The Balaban J connectivity index is 1.54. The van der Waals surface area contributed by atoms with Crippen molar-refractivity contribution in [2.45, 2.75) is 32.1 Å². The molecular formula is C16H15N3O2S2. The summed E-state index contributed by atoms with van der Waals surface area (Å²) in [5.74, 6) is 1.68. The molecule has 1 saturated carbocycles. The first-order valence-electron chi connectivity index (χ1n) is 7.48. The zero-order valence-electron chi connectivity index (χ0n) is 12.5. The highest BCUT2D eigenvalue weighted by molar-refractivity contribution is 7.16. The number of carbonyl (C=O) groups is 1. The normalized spacial score (nSPS) is 14.7. The van der Waals surface area contributed by atoms with Crippen molar-refractivity contribution in [2.24, 2.45) is 0 Å². The standard InChI is InChI=1S/C16H15N3O2S2/c1-9-12(17-15(20)11-5-6-22-8-11)7-13(23-9)14-18-16(21-19-14)10-3-2-4-10/h5-8,10H,2-4H2,1H3,(H,17,20). The fourth-order valence-electron chi connectivity index (χ4n) is 2.46. The van der Waals surface area contributed by atoms with Crippen LogP contribution in [0.5, 0.6) is 0 Å². The summed E-state index contributed by atoms with van der Waals surface area (Å²) in [6.07, 6.45) is 3.50. The minimum Gasteiger partial charge on any atom is -0.339 e. The topological polar surface area (TPSA) is 68.0 Å². The summed E-state index contributed by atoms with van der Waals surface area (Å²) in [5, 5.41) is 10.8. The molecule has 0 aromatic carbocycles. The average molecular weight is 345 g/mol. The van der Waals surface area contributed by atoms with Crippen LogP contribution in [0.4, 0.5) is 5.69 Å². The molecule has 5 nitrogen and oxygen atoms in total. The minimum absolute atomic E-state index is 0.0954. The number of amides is 1. The molecule has 4 rings (SSSR count). The van der Waals surface area contributed by atoms with Crippen molar-refractivity contribution in [2.75, 3.05) is 5.32 Å². The van der Waals surface area contributed by atoms with Gasteiger partial charge >= 0.3 is 0 Å². The first-order chi connectivity index (χ1) is 11.2. The Labute approximate surface area is 141 Å². The fraction of sp³-hybridized carbons (Fsp3) is 0.312. The van der Waals surface area contributed by atoms with Crippen LogP contribution in [0.2, 0.25) is 0 Å². The maximum Gasteiger partial charge on any atom is 0.256 e. The number of thiophene rings is 2. The van der Waals surface area contributed by atoms with Crippen LogP contribution in [0.25, 0.3) is 10.7 Å². The third-order valence-corrected chi connectivity index (χ3v) is 5.80. The molecule has 3 aromatic rings. The molecule has 0 atom stereocenters. The molecule has 1 amide bonds. The van der Waals surface area contributed by atoms with E-state index < -0.39 is 0 Å². The van der Waals surface area contributed by atoms with Crippen LogP contribution in [-0.2, 0) is 0 Å². The molecule has 1 N–H and O–H groups in total. The van der Waals surface area contributed by atoms with E-state index in [9.17, 15) is 4.79 Å². The molecule has 0 radical (unpaired) electrons. The Bertz CT molecular complexity index is 832. The van der Waals surface area contributed by atoms with E-state index in [0.717, 1.165) is 34.2 Å². The molecule has 3 heterocycles. The van der Waals surface area contributed by atoms with Gasteiger partial charge in [0.15, 0.2) is 0 Å². The third kappa shape index (κ3) is 2.82. The van der Waals surface area contributed by atoms with Gasteiger partial charge in [-0.2, -0.15) is 16.3 Å². The lowest BCUT2D eigenvalue weighted by atomic mass is 9.85. The van der Waals surface area contributed by atoms with Gasteiger partial charge in [-0.05, 0) is 37.3 Å². The van der Waals surface area contributed by atoms with E-state index in [1.165, 1.54) is 17.8 Å². The lowest BCUT2D eigenvalue weighted by Gasteiger charge is -2.20. The van der Waals surface area contributed by atoms with E-state index in [-0.39, 0.29) is 5.91 Å². The molecule has 23 heavy (non-hydrogen) atoms. The van der Waals surface area contributed by atoms with Crippen LogP contribution >= 0.6 is 22.7 Å². The van der Waals surface area contributed by atoms with Gasteiger partial charge < -0.3 is 9.84 Å². The van der Waals surface area contributed by atoms with Crippen molar-refractivity contribution in [3.63, 3.8) is 0 Å². The molecule has 0 spiro atoms. The number of nitrogens with one attached hydrogen (secondary N) is 1. The molecule has 1 aliphatic carbocycles. The number of aromatic nitrogens is 2. The number of aryl methyl sites for hydroxylation is 1. The largest absolute Gasteiger partial charge is 0.339 e. The van der Waals surface area contributed by atoms with Crippen molar-refractivity contribution >= 4 is 34.3 Å². The van der Waals surface area contributed by atoms with Crippen molar-refractivity contribution < 1.29 is 9.32 Å². The highest BCUT2D eigenvalue weighted by atomic mass is 32.1. The summed E-state index contributed by atoms with van der Waals surface area (Å²) in [5.41, 5.74) is 1.48. The second-order valence-corrected chi connectivity index (χ2v) is 7.67. The predicted molar refractivity (Wildman–Crippen MR) is 91.2 cm³/mol. The van der Waals surface area contributed by atoms with Crippen LogP contribution < -0.4 is 5.32 Å². The maximum absolute atomic E-state index is 12.2. The predicted octanol–water partition coefficient (Wildman–Crippen LogP) is 4.69. The van der Waals surface area contributed by atoms with Gasteiger partial charge in [0.25, 0.3) is 5.91 Å². The summed E-state index contributed by atoms with van der Waals surface area (Å²) in [7, 11) is 0. The SMILES string of the molecule is Cc1sc(-c2noc(C3CCC3)n2)cc1NC(=O)c1ccsc1. The quantitative estimate of drug-likeness (QED) is 0.745. The number of hydrogen-bond acceptors (Lipinski definition) is 6. The molecule has 0 unspecified atom stereocenters. The number of hydrogen-bond donors (Lipinski definition) is 1. The van der Waals surface area contributed by atoms with E-state index in [1.54, 1.807) is 11.3 Å². The summed E-state index contributed by atoms with van der Waals surface area (Å²) >= 11 is 3.07. The zero-order valence-corrected chi connectivity index (χ0v) is 14.2. The summed E-state index contributed by atoms with van der Waals surface area (Å²) in [6, 6.07) is 3.73. The molecule has 118 valence electrons. The lowest BCUT2D eigenvalue weighted by molar-refractivity contribution is 0.102. The van der Waals surface area contributed by atoms with E-state index in [0.29, 0.717) is 17.3 Å². The Morgan fingerprint density at radius 2 is 2.30 bits per heavy atom. The van der Waals surface area contributed by atoms with E-state index >= 15 is 0 Å². The molecule has 0 bridgehead atoms. The van der Waals surface area contributed by atoms with Gasteiger partial charge in [-0.3, -0.25) is 4.79 Å². The molecule has 7 heteroatoms. The first kappa shape index (κ1) is 14.6. The fourth-order valence-corrected chi connectivity index (χ4v) is 4.00. The second kappa shape index (κ2) is 5.90. The highest BCUT2D eigenvalue weighted by Gasteiger charge is 2.26. The van der Waals surface area contributed by atoms with E-state index in [1.807, 2.05) is 29.8 Å². The van der Waals surface area contributed by atoms with Gasteiger partial charge in [0.2, 0.25) is 11.7 Å². The van der Waals surface area contributed by atoms with Crippen molar-refractivity contribution in [3.8, 4) is 10.7 Å². The molecule has 1 aliphatic rings. The van der Waals surface area contributed by atoms with E-state index in [4.69, 9.17) is 4.52 Å². The number of nitrogens with zero attached hydrogens (tertiary/aromatic N) is 2. The average Bonchev–Trinajstić information content (AvgIpc) is 3.18. The summed E-state index contributed by atoms with van der Waals surface area (Å²) in [6.45, 7) is 1.98. The Morgan fingerprint density at radius 3 is 3.00 bits per heavy atom. The third-order valence-electron chi connectivity index (χ3n) is 4.07. The number of anilines is 1. The second-order valence-electron chi connectivity index (χ2n) is 5.63. The number of rotatable bonds is 4. The van der Waals surface area contributed by atoms with Crippen LogP contribution in [0.3, 0.4) is 0 Å². The van der Waals surface area contributed by atoms with Crippen LogP contribution in [0.15, 0.2) is 27.4 Å². The Kier molecular flexibility index (Phi) is 3.74. The van der Waals surface area contributed by atoms with Crippen LogP contribution in [0, 0.1) is 6.92 Å². The number of carbonyl (C=O) groups excluding carboxylic acids is 1. The van der Waals surface area contributed by atoms with Crippen LogP contribution in [0.1, 0.15) is 46.3 Å². The highest BCUT2D eigenvalue weighted by Crippen LogP contribution is 2.38. The van der Waals surface area contributed by atoms with Crippen molar-refractivity contribution in [1.82, 2.24) is 10.1 Å². The van der Waals surface area contributed by atoms with Gasteiger partial charge in [-0.15, -0.1) is 11.3 Å². The van der Waals surface area contributed by atoms with Gasteiger partial charge in [0, 0.05) is 16.2 Å². The van der Waals surface area contributed by atoms with Gasteiger partial charge in [0.05, 0.1) is 16.1 Å². The molecule has 3 aromatic heterocycles. The summed E-state index contributed by atoms with van der Waals surface area (Å²) < 4.78 is 5.37. The van der Waals surface area contributed by atoms with Crippen molar-refractivity contribution in [1.29, 1.82) is 0 Å². The molecular weight excluding hydrogens is 330 g/mol. The van der Waals surface area contributed by atoms with Crippen molar-refractivity contribution in [3.05, 3.63) is 39.2 Å². The molecule has 0 saturated heterocycles. The van der Waals surface area contributed by atoms with E-state index in [2.05, 4.69) is 15.5 Å². The maximum atomic E-state index is 12.2. The Hall–Kier alpha value is -1.99.